The minimum atomic E-state index is 0.231. The number of hydrogen-bond donors (Lipinski definition) is 0. The van der Waals surface area contributed by atoms with Crippen molar-refractivity contribution in [1.82, 2.24) is 5.12 Å². The molecule has 62 valence electrons. The Kier molecular flexibility index (Phi) is 5.60. The maximum absolute atomic E-state index is 12.2. The Bertz CT molecular complexity index is 67.7. The van der Waals surface area contributed by atoms with Gasteiger partial charge in [0.25, 0.3) is 0 Å². The van der Waals surface area contributed by atoms with Crippen molar-refractivity contribution in [1.29, 1.82) is 0 Å². The van der Waals surface area contributed by atoms with Gasteiger partial charge in [-0.1, -0.05) is 26.7 Å². The summed E-state index contributed by atoms with van der Waals surface area (Å²) in [6, 6.07) is 0.231. The number of hydrogen-bond acceptors (Lipinski definition) is 1. The largest absolute Gasteiger partial charge is 0.146 e. The molecule has 1 aliphatic rings. The molecule has 1 fully saturated rings. The fraction of sp³-hybridized carbons (Fsp3) is 1.00. The highest BCUT2D eigenvalue weighted by Crippen LogP contribution is 2.21. The van der Waals surface area contributed by atoms with Gasteiger partial charge < -0.3 is 0 Å². The SMILES string of the molecule is CC.CN(F)C1CCCC1. The summed E-state index contributed by atoms with van der Waals surface area (Å²) >= 11 is 0. The molecule has 0 atom stereocenters. The van der Waals surface area contributed by atoms with E-state index in [1.54, 1.807) is 0 Å². The highest BCUT2D eigenvalue weighted by atomic mass is 19.2. The van der Waals surface area contributed by atoms with Crippen molar-refractivity contribution in [3.63, 3.8) is 0 Å². The van der Waals surface area contributed by atoms with Crippen molar-refractivity contribution in [3.8, 4) is 0 Å². The number of nitrogens with zero attached hydrogens (tertiary/aromatic N) is 1. The van der Waals surface area contributed by atoms with Crippen molar-refractivity contribution < 1.29 is 4.48 Å². The second-order valence-corrected chi connectivity index (χ2v) is 2.46. The van der Waals surface area contributed by atoms with Gasteiger partial charge in [0.1, 0.15) is 0 Å². The zero-order chi connectivity index (χ0) is 7.98. The van der Waals surface area contributed by atoms with Crippen LogP contribution in [-0.2, 0) is 0 Å². The van der Waals surface area contributed by atoms with Gasteiger partial charge in [-0.05, 0) is 12.8 Å². The van der Waals surface area contributed by atoms with Gasteiger partial charge in [-0.25, -0.2) is 0 Å². The molecule has 0 bridgehead atoms. The predicted octanol–water partition coefficient (Wildman–Crippen LogP) is 2.77. The molecule has 1 rings (SSSR count). The summed E-state index contributed by atoms with van der Waals surface area (Å²) < 4.78 is 12.2. The van der Waals surface area contributed by atoms with E-state index in [9.17, 15) is 4.48 Å². The van der Waals surface area contributed by atoms with Crippen LogP contribution in [-0.4, -0.2) is 18.2 Å². The lowest BCUT2D eigenvalue weighted by Crippen LogP contribution is -2.19. The molecule has 2 heteroatoms. The van der Waals surface area contributed by atoms with Crippen molar-refractivity contribution in [2.45, 2.75) is 45.6 Å². The smallest absolute Gasteiger partial charge is 0.0399 e. The topological polar surface area (TPSA) is 3.24 Å². The average Bonchev–Trinajstić information content (AvgIpc) is 2.42. The lowest BCUT2D eigenvalue weighted by molar-refractivity contribution is 0.0120. The average molecular weight is 147 g/mol. The fourth-order valence-corrected chi connectivity index (χ4v) is 1.26. The van der Waals surface area contributed by atoms with Crippen LogP contribution >= 0.6 is 0 Å². The Morgan fingerprint density at radius 3 is 1.80 bits per heavy atom. The minimum Gasteiger partial charge on any atom is -0.146 e. The van der Waals surface area contributed by atoms with E-state index in [1.165, 1.54) is 19.9 Å². The molecule has 0 aromatic carbocycles. The Balaban J connectivity index is 0.000000371. The molecule has 1 aliphatic carbocycles. The number of rotatable bonds is 1. The molecular formula is C8H18FN. The summed E-state index contributed by atoms with van der Waals surface area (Å²) in [7, 11) is 1.51. The lowest BCUT2D eigenvalue weighted by atomic mass is 10.3. The van der Waals surface area contributed by atoms with Gasteiger partial charge in [0.15, 0.2) is 0 Å². The minimum absolute atomic E-state index is 0.231. The molecule has 1 nitrogen and oxygen atoms in total. The molecule has 10 heavy (non-hydrogen) atoms. The first-order valence-corrected chi connectivity index (χ1v) is 4.19. The summed E-state index contributed by atoms with van der Waals surface area (Å²) in [5, 5.41) is 0.840. The van der Waals surface area contributed by atoms with Crippen LogP contribution in [0.5, 0.6) is 0 Å². The van der Waals surface area contributed by atoms with Gasteiger partial charge in [0.05, 0.1) is 0 Å². The highest BCUT2D eigenvalue weighted by Gasteiger charge is 2.18. The predicted molar refractivity (Wildman–Crippen MR) is 42.5 cm³/mol. The number of halogens is 1. The van der Waals surface area contributed by atoms with E-state index in [2.05, 4.69) is 0 Å². The summed E-state index contributed by atoms with van der Waals surface area (Å²) in [6.07, 6.45) is 4.51. The van der Waals surface area contributed by atoms with E-state index in [4.69, 9.17) is 0 Å². The van der Waals surface area contributed by atoms with Gasteiger partial charge in [-0.2, -0.15) is 0 Å². The van der Waals surface area contributed by atoms with Crippen LogP contribution < -0.4 is 0 Å². The van der Waals surface area contributed by atoms with Crippen molar-refractivity contribution in [2.24, 2.45) is 0 Å². The Morgan fingerprint density at radius 2 is 1.60 bits per heavy atom. The van der Waals surface area contributed by atoms with E-state index in [0.29, 0.717) is 0 Å². The van der Waals surface area contributed by atoms with Gasteiger partial charge in [0.2, 0.25) is 0 Å². The van der Waals surface area contributed by atoms with E-state index in [1.807, 2.05) is 13.8 Å². The summed E-state index contributed by atoms with van der Waals surface area (Å²) in [5.41, 5.74) is 0. The van der Waals surface area contributed by atoms with Crippen molar-refractivity contribution >= 4 is 0 Å². The monoisotopic (exact) mass is 147 g/mol. The zero-order valence-corrected chi connectivity index (χ0v) is 7.23. The molecular weight excluding hydrogens is 129 g/mol. The molecule has 0 spiro atoms. The first kappa shape index (κ1) is 9.89. The summed E-state index contributed by atoms with van der Waals surface area (Å²) in [4.78, 5) is 0. The second-order valence-electron chi connectivity index (χ2n) is 2.46. The Hall–Kier alpha value is -0.110. The first-order chi connectivity index (χ1) is 4.80. The molecule has 0 amide bonds. The third-order valence-corrected chi connectivity index (χ3v) is 1.83. The third-order valence-electron chi connectivity index (χ3n) is 1.83. The van der Waals surface area contributed by atoms with Crippen LogP contribution in [0.1, 0.15) is 39.5 Å². The van der Waals surface area contributed by atoms with Crippen LogP contribution in [0, 0.1) is 0 Å². The Morgan fingerprint density at radius 1 is 1.20 bits per heavy atom. The molecule has 0 saturated heterocycles. The molecule has 1 saturated carbocycles. The van der Waals surface area contributed by atoms with E-state index < -0.39 is 0 Å². The zero-order valence-electron chi connectivity index (χ0n) is 7.23. The van der Waals surface area contributed by atoms with E-state index in [0.717, 1.165) is 18.0 Å². The normalized spacial score (nSPS) is 18.9. The molecule has 0 aromatic heterocycles. The van der Waals surface area contributed by atoms with Crippen LogP contribution in [0.4, 0.5) is 4.48 Å². The molecule has 0 unspecified atom stereocenters. The summed E-state index contributed by atoms with van der Waals surface area (Å²) in [5.74, 6) is 0. The second kappa shape index (κ2) is 5.66. The molecule has 0 heterocycles. The van der Waals surface area contributed by atoms with Gasteiger partial charge in [-0.3, -0.25) is 0 Å². The highest BCUT2D eigenvalue weighted by molar-refractivity contribution is 4.70. The maximum atomic E-state index is 12.2. The molecule has 0 aliphatic heterocycles. The summed E-state index contributed by atoms with van der Waals surface area (Å²) in [6.45, 7) is 4.00. The molecule has 0 N–H and O–H groups in total. The van der Waals surface area contributed by atoms with Crippen molar-refractivity contribution in [3.05, 3.63) is 0 Å². The maximum Gasteiger partial charge on any atom is 0.0399 e. The standard InChI is InChI=1S/C6H12FN.C2H6/c1-8(7)6-4-2-3-5-6;1-2/h6H,2-5H2,1H3;1-2H3. The first-order valence-electron chi connectivity index (χ1n) is 4.19. The molecule has 0 radical (unpaired) electrons. The van der Waals surface area contributed by atoms with Crippen molar-refractivity contribution in [2.75, 3.05) is 7.05 Å². The van der Waals surface area contributed by atoms with E-state index in [-0.39, 0.29) is 6.04 Å². The third kappa shape index (κ3) is 3.16. The van der Waals surface area contributed by atoms with Gasteiger partial charge in [0, 0.05) is 13.1 Å². The van der Waals surface area contributed by atoms with Crippen LogP contribution in [0.15, 0.2) is 0 Å². The van der Waals surface area contributed by atoms with Gasteiger partial charge in [-0.15, -0.1) is 9.60 Å². The van der Waals surface area contributed by atoms with Gasteiger partial charge >= 0.3 is 0 Å². The van der Waals surface area contributed by atoms with E-state index >= 15 is 0 Å². The molecule has 0 aromatic rings. The van der Waals surface area contributed by atoms with Crippen LogP contribution in [0.3, 0.4) is 0 Å². The van der Waals surface area contributed by atoms with Crippen LogP contribution in [0.2, 0.25) is 0 Å². The Labute approximate surface area is 63.2 Å². The van der Waals surface area contributed by atoms with Crippen LogP contribution in [0.25, 0.3) is 0 Å². The quantitative estimate of drug-likeness (QED) is 0.515. The lowest BCUT2D eigenvalue weighted by Gasteiger charge is -2.11. The fourth-order valence-electron chi connectivity index (χ4n) is 1.26.